The number of rotatable bonds is 6. The zero-order valence-electron chi connectivity index (χ0n) is 14.8. The molecule has 1 fully saturated rings. The zero-order chi connectivity index (χ0) is 17.6. The molecule has 1 saturated heterocycles. The number of carbonyl (C=O) groups is 1. The maximum Gasteiger partial charge on any atom is 0.261 e. The Bertz CT molecular complexity index is 778. The summed E-state index contributed by atoms with van der Waals surface area (Å²) < 4.78 is 1.37. The topological polar surface area (TPSA) is 68.4 Å². The number of aromatic nitrogens is 2. The molecule has 1 aliphatic rings. The number of carbonyl (C=O) groups excluding carboxylic acids is 1. The van der Waals surface area contributed by atoms with Crippen molar-refractivity contribution >= 4 is 16.8 Å². The lowest BCUT2D eigenvalue weighted by Crippen LogP contribution is -3.13. The highest BCUT2D eigenvalue weighted by Gasteiger charge is 2.18. The summed E-state index contributed by atoms with van der Waals surface area (Å²) in [6, 6.07) is 7.18. The highest BCUT2D eigenvalue weighted by molar-refractivity contribution is 5.78. The van der Waals surface area contributed by atoms with Crippen molar-refractivity contribution in [3.05, 3.63) is 40.9 Å². The minimum absolute atomic E-state index is 0.0186. The molecule has 0 saturated carbocycles. The molecule has 2 heterocycles. The summed E-state index contributed by atoms with van der Waals surface area (Å²) >= 11 is 0. The quantitative estimate of drug-likeness (QED) is 0.737. The van der Waals surface area contributed by atoms with Gasteiger partial charge in [0.25, 0.3) is 5.56 Å². The maximum atomic E-state index is 12.4. The smallest absolute Gasteiger partial charge is 0.261 e. The van der Waals surface area contributed by atoms with Crippen LogP contribution >= 0.6 is 0 Å². The highest BCUT2D eigenvalue weighted by Crippen LogP contribution is 2.06. The SMILES string of the molecule is CC1CC[NH+](CCCNC(=O)Cn2cnc3ccccc3c2=O)CC1. The Morgan fingerprint density at radius 2 is 2.08 bits per heavy atom. The van der Waals surface area contributed by atoms with Crippen LogP contribution in [0.15, 0.2) is 35.4 Å². The van der Waals surface area contributed by atoms with Crippen molar-refractivity contribution in [1.82, 2.24) is 14.9 Å². The van der Waals surface area contributed by atoms with Gasteiger partial charge in [-0.25, -0.2) is 4.98 Å². The first-order valence-electron chi connectivity index (χ1n) is 9.18. The molecule has 0 aliphatic carbocycles. The van der Waals surface area contributed by atoms with E-state index >= 15 is 0 Å². The molecule has 2 N–H and O–H groups in total. The first-order valence-corrected chi connectivity index (χ1v) is 9.18. The maximum absolute atomic E-state index is 12.4. The predicted octanol–water partition coefficient (Wildman–Crippen LogP) is 0.218. The number of quaternary nitrogens is 1. The van der Waals surface area contributed by atoms with Crippen molar-refractivity contribution in [3.8, 4) is 0 Å². The summed E-state index contributed by atoms with van der Waals surface area (Å²) in [4.78, 5) is 30.3. The van der Waals surface area contributed by atoms with Crippen LogP contribution < -0.4 is 15.8 Å². The van der Waals surface area contributed by atoms with Crippen LogP contribution in [0.2, 0.25) is 0 Å². The summed E-state index contributed by atoms with van der Waals surface area (Å²) in [7, 11) is 0. The van der Waals surface area contributed by atoms with Gasteiger partial charge in [0.2, 0.25) is 5.91 Å². The van der Waals surface area contributed by atoms with Gasteiger partial charge in [-0.1, -0.05) is 19.1 Å². The van der Waals surface area contributed by atoms with Gasteiger partial charge in [-0.2, -0.15) is 0 Å². The summed E-state index contributed by atoms with van der Waals surface area (Å²) in [6.45, 7) is 6.59. The van der Waals surface area contributed by atoms with Crippen LogP contribution in [-0.2, 0) is 11.3 Å². The van der Waals surface area contributed by atoms with E-state index in [4.69, 9.17) is 0 Å². The monoisotopic (exact) mass is 343 g/mol. The Kier molecular flexibility index (Phi) is 5.81. The first-order chi connectivity index (χ1) is 12.1. The van der Waals surface area contributed by atoms with Crippen molar-refractivity contribution in [2.24, 2.45) is 5.92 Å². The van der Waals surface area contributed by atoms with Crippen LogP contribution in [0.3, 0.4) is 0 Å². The van der Waals surface area contributed by atoms with Crippen molar-refractivity contribution in [2.45, 2.75) is 32.7 Å². The van der Waals surface area contributed by atoms with Crippen LogP contribution in [-0.4, -0.2) is 41.6 Å². The van der Waals surface area contributed by atoms with E-state index in [-0.39, 0.29) is 18.0 Å². The van der Waals surface area contributed by atoms with Gasteiger partial charge in [-0.05, 0) is 30.9 Å². The molecule has 0 radical (unpaired) electrons. The van der Waals surface area contributed by atoms with Crippen LogP contribution in [0.1, 0.15) is 26.2 Å². The average molecular weight is 343 g/mol. The van der Waals surface area contributed by atoms with Crippen molar-refractivity contribution < 1.29 is 9.69 Å². The Labute approximate surface area is 147 Å². The third kappa shape index (κ3) is 4.66. The number of piperidine rings is 1. The van der Waals surface area contributed by atoms with Crippen LogP contribution in [0.25, 0.3) is 10.9 Å². The molecule has 1 aromatic heterocycles. The Hall–Kier alpha value is -2.21. The molecule has 3 rings (SSSR count). The number of hydrogen-bond donors (Lipinski definition) is 2. The van der Waals surface area contributed by atoms with Crippen LogP contribution in [0.4, 0.5) is 0 Å². The lowest BCUT2D eigenvalue weighted by molar-refractivity contribution is -0.906. The largest absolute Gasteiger partial charge is 0.354 e. The molecule has 6 nitrogen and oxygen atoms in total. The van der Waals surface area contributed by atoms with Crippen molar-refractivity contribution in [2.75, 3.05) is 26.2 Å². The molecule has 1 aliphatic heterocycles. The fraction of sp³-hybridized carbons (Fsp3) is 0.526. The Morgan fingerprint density at radius 1 is 1.32 bits per heavy atom. The minimum Gasteiger partial charge on any atom is -0.354 e. The van der Waals surface area contributed by atoms with Crippen LogP contribution in [0, 0.1) is 5.92 Å². The number of nitrogens with one attached hydrogen (secondary N) is 2. The van der Waals surface area contributed by atoms with Gasteiger partial charge in [-0.15, -0.1) is 0 Å². The van der Waals surface area contributed by atoms with Crippen LogP contribution in [0.5, 0.6) is 0 Å². The molecule has 1 aromatic carbocycles. The van der Waals surface area contributed by atoms with E-state index in [1.165, 1.54) is 36.8 Å². The number of likely N-dealkylation sites (tertiary alicyclic amines) is 1. The summed E-state index contributed by atoms with van der Waals surface area (Å²) in [5.41, 5.74) is 0.482. The number of para-hydroxylation sites is 1. The van der Waals surface area contributed by atoms with Gasteiger partial charge in [0.15, 0.2) is 0 Å². The van der Waals surface area contributed by atoms with Gasteiger partial charge in [0.1, 0.15) is 6.54 Å². The van der Waals surface area contributed by atoms with E-state index in [2.05, 4.69) is 17.2 Å². The molecule has 2 aromatic rings. The van der Waals surface area contributed by atoms with Gasteiger partial charge >= 0.3 is 0 Å². The lowest BCUT2D eigenvalue weighted by Gasteiger charge is -2.27. The van der Waals surface area contributed by atoms with Crippen molar-refractivity contribution in [3.63, 3.8) is 0 Å². The van der Waals surface area contributed by atoms with Gasteiger partial charge in [0.05, 0.1) is 36.9 Å². The van der Waals surface area contributed by atoms with E-state index in [9.17, 15) is 9.59 Å². The second kappa shape index (κ2) is 8.25. The predicted molar refractivity (Wildman–Crippen MR) is 97.6 cm³/mol. The van der Waals surface area contributed by atoms with Gasteiger partial charge < -0.3 is 10.2 Å². The number of fused-ring (bicyclic) bond motifs is 1. The number of hydrogen-bond acceptors (Lipinski definition) is 3. The lowest BCUT2D eigenvalue weighted by atomic mass is 9.99. The molecular formula is C19H27N4O2+. The van der Waals surface area contributed by atoms with E-state index < -0.39 is 0 Å². The molecule has 0 atom stereocenters. The van der Waals surface area contributed by atoms with Gasteiger partial charge in [-0.3, -0.25) is 14.2 Å². The van der Waals surface area contributed by atoms with E-state index in [0.29, 0.717) is 17.4 Å². The summed E-state index contributed by atoms with van der Waals surface area (Å²) in [5.74, 6) is 0.721. The van der Waals surface area contributed by atoms with Crippen molar-refractivity contribution in [1.29, 1.82) is 0 Å². The number of amides is 1. The minimum atomic E-state index is -0.173. The number of benzene rings is 1. The summed E-state index contributed by atoms with van der Waals surface area (Å²) in [5, 5.41) is 3.46. The normalized spacial score (nSPS) is 20.5. The molecule has 25 heavy (non-hydrogen) atoms. The van der Waals surface area contributed by atoms with E-state index in [1.54, 1.807) is 23.1 Å². The highest BCUT2D eigenvalue weighted by atomic mass is 16.2. The summed E-state index contributed by atoms with van der Waals surface area (Å²) in [6.07, 6.45) is 5.03. The Balaban J connectivity index is 1.45. The molecule has 1 amide bonds. The molecule has 0 bridgehead atoms. The van der Waals surface area contributed by atoms with E-state index in [0.717, 1.165) is 18.9 Å². The van der Waals surface area contributed by atoms with Gasteiger partial charge in [0, 0.05) is 13.0 Å². The molecule has 0 unspecified atom stereocenters. The number of nitrogens with zero attached hydrogens (tertiary/aromatic N) is 2. The molecule has 6 heteroatoms. The zero-order valence-corrected chi connectivity index (χ0v) is 14.8. The Morgan fingerprint density at radius 3 is 2.88 bits per heavy atom. The fourth-order valence-corrected chi connectivity index (χ4v) is 3.42. The third-order valence-electron chi connectivity index (χ3n) is 5.06. The second-order valence-corrected chi connectivity index (χ2v) is 7.08. The first kappa shape index (κ1) is 17.6. The van der Waals surface area contributed by atoms with E-state index in [1.807, 2.05) is 6.07 Å². The molecule has 134 valence electrons. The standard InChI is InChI=1S/C19H26N4O2/c1-15-7-11-22(12-8-15)10-4-9-20-18(24)13-23-14-21-17-6-3-2-5-16(17)19(23)25/h2-3,5-6,14-15H,4,7-13H2,1H3,(H,20,24)/p+1. The molecular weight excluding hydrogens is 316 g/mol. The molecule has 0 spiro atoms. The second-order valence-electron chi connectivity index (χ2n) is 7.08. The fourth-order valence-electron chi connectivity index (χ4n) is 3.42. The average Bonchev–Trinajstić information content (AvgIpc) is 2.63. The third-order valence-corrected chi connectivity index (χ3v) is 5.06.